The van der Waals surface area contributed by atoms with E-state index in [1.165, 1.54) is 12.1 Å². The number of rotatable bonds is 4. The van der Waals surface area contributed by atoms with Crippen LogP contribution in [0.2, 0.25) is 0 Å². The molecule has 0 saturated heterocycles. The van der Waals surface area contributed by atoms with E-state index in [1.54, 1.807) is 12.1 Å². The number of ether oxygens (including phenoxy) is 1. The van der Waals surface area contributed by atoms with Gasteiger partial charge in [0.2, 0.25) is 0 Å². The summed E-state index contributed by atoms with van der Waals surface area (Å²) in [5, 5.41) is 11.6. The Balaban J connectivity index is 2.38. The molecule has 0 aliphatic carbocycles. The van der Waals surface area contributed by atoms with E-state index in [-0.39, 0.29) is 24.8 Å². The number of phenolic OH excluding ortho intramolecular Hbond substituents is 1. The number of benzene rings is 1. The lowest BCUT2D eigenvalue weighted by molar-refractivity contribution is 0.0936. The number of amides is 2. The van der Waals surface area contributed by atoms with Gasteiger partial charge in [0.25, 0.3) is 5.91 Å². The van der Waals surface area contributed by atoms with E-state index in [9.17, 15) is 9.59 Å². The van der Waals surface area contributed by atoms with Gasteiger partial charge < -0.3 is 20.9 Å². The number of hydrogen-bond donors (Lipinski definition) is 3. The molecule has 0 aromatic heterocycles. The number of carbonyl (C=O) groups is 2. The standard InChI is InChI=1S/C10H12N2O4/c11-10(15)16-5-4-12-9(14)7-2-1-3-8(13)6-7/h1-3,6,13H,4-5H2,(H2,11,15)(H,12,14). The Morgan fingerprint density at radius 3 is 2.81 bits per heavy atom. The summed E-state index contributed by atoms with van der Waals surface area (Å²) in [7, 11) is 0. The van der Waals surface area contributed by atoms with Crippen molar-refractivity contribution in [2.75, 3.05) is 13.2 Å². The molecule has 6 nitrogen and oxygen atoms in total. The molecule has 1 aromatic rings. The smallest absolute Gasteiger partial charge is 0.404 e. The highest BCUT2D eigenvalue weighted by atomic mass is 16.5. The fraction of sp³-hybridized carbons (Fsp3) is 0.200. The van der Waals surface area contributed by atoms with Gasteiger partial charge in [0, 0.05) is 5.56 Å². The van der Waals surface area contributed by atoms with Crippen LogP contribution in [0.3, 0.4) is 0 Å². The zero-order valence-corrected chi connectivity index (χ0v) is 8.47. The molecule has 0 radical (unpaired) electrons. The Hall–Kier alpha value is -2.24. The zero-order valence-electron chi connectivity index (χ0n) is 8.47. The molecular formula is C10H12N2O4. The van der Waals surface area contributed by atoms with Crippen LogP contribution >= 0.6 is 0 Å². The van der Waals surface area contributed by atoms with E-state index in [0.29, 0.717) is 5.56 Å². The molecule has 0 saturated carbocycles. The highest BCUT2D eigenvalue weighted by Crippen LogP contribution is 2.10. The summed E-state index contributed by atoms with van der Waals surface area (Å²) in [5.41, 5.74) is 5.07. The molecule has 4 N–H and O–H groups in total. The van der Waals surface area contributed by atoms with Gasteiger partial charge in [-0.3, -0.25) is 4.79 Å². The van der Waals surface area contributed by atoms with Crippen LogP contribution < -0.4 is 11.1 Å². The van der Waals surface area contributed by atoms with Crippen LogP contribution in [-0.4, -0.2) is 30.3 Å². The molecule has 0 aliphatic rings. The van der Waals surface area contributed by atoms with Crippen molar-refractivity contribution in [1.82, 2.24) is 5.32 Å². The monoisotopic (exact) mass is 224 g/mol. The topological polar surface area (TPSA) is 102 Å². The lowest BCUT2D eigenvalue weighted by atomic mass is 10.2. The lowest BCUT2D eigenvalue weighted by Gasteiger charge is -2.05. The summed E-state index contributed by atoms with van der Waals surface area (Å²) in [6.45, 7) is 0.178. The highest BCUT2D eigenvalue weighted by molar-refractivity contribution is 5.94. The first-order valence-corrected chi connectivity index (χ1v) is 4.59. The second-order valence-electron chi connectivity index (χ2n) is 2.97. The van der Waals surface area contributed by atoms with Crippen molar-refractivity contribution in [3.8, 4) is 5.75 Å². The maximum Gasteiger partial charge on any atom is 0.404 e. The van der Waals surface area contributed by atoms with Crippen molar-refractivity contribution < 1.29 is 19.4 Å². The zero-order chi connectivity index (χ0) is 12.0. The normalized spacial score (nSPS) is 9.50. The van der Waals surface area contributed by atoms with Gasteiger partial charge in [0.1, 0.15) is 12.4 Å². The van der Waals surface area contributed by atoms with E-state index in [2.05, 4.69) is 10.1 Å². The number of primary amides is 1. The molecule has 0 unspecified atom stereocenters. The van der Waals surface area contributed by atoms with Gasteiger partial charge in [-0.05, 0) is 18.2 Å². The third kappa shape index (κ3) is 3.87. The molecule has 2 amide bonds. The average Bonchev–Trinajstić information content (AvgIpc) is 2.24. The van der Waals surface area contributed by atoms with E-state index in [4.69, 9.17) is 10.8 Å². The Kier molecular flexibility index (Phi) is 4.14. The lowest BCUT2D eigenvalue weighted by Crippen LogP contribution is -2.28. The Bertz CT molecular complexity index is 392. The molecule has 16 heavy (non-hydrogen) atoms. The van der Waals surface area contributed by atoms with Crippen molar-refractivity contribution in [1.29, 1.82) is 0 Å². The first-order valence-electron chi connectivity index (χ1n) is 4.59. The highest BCUT2D eigenvalue weighted by Gasteiger charge is 2.05. The number of nitrogens with two attached hydrogens (primary N) is 1. The molecule has 0 fully saturated rings. The SMILES string of the molecule is NC(=O)OCCNC(=O)c1cccc(O)c1. The Morgan fingerprint density at radius 2 is 2.19 bits per heavy atom. The Morgan fingerprint density at radius 1 is 1.44 bits per heavy atom. The van der Waals surface area contributed by atoms with Gasteiger partial charge in [0.05, 0.1) is 6.54 Å². The van der Waals surface area contributed by atoms with Gasteiger partial charge in [-0.1, -0.05) is 6.07 Å². The maximum absolute atomic E-state index is 11.4. The Labute approximate surface area is 92.0 Å². The molecule has 86 valence electrons. The molecule has 0 bridgehead atoms. The fourth-order valence-corrected chi connectivity index (χ4v) is 1.07. The second kappa shape index (κ2) is 5.59. The molecule has 0 atom stereocenters. The van der Waals surface area contributed by atoms with Crippen LogP contribution in [-0.2, 0) is 4.74 Å². The van der Waals surface area contributed by atoms with Crippen molar-refractivity contribution in [2.24, 2.45) is 5.73 Å². The molecular weight excluding hydrogens is 212 g/mol. The second-order valence-corrected chi connectivity index (χ2v) is 2.97. The van der Waals surface area contributed by atoms with Crippen LogP contribution in [0, 0.1) is 0 Å². The minimum absolute atomic E-state index is 0.0138. The predicted molar refractivity (Wildman–Crippen MR) is 56.0 cm³/mol. The largest absolute Gasteiger partial charge is 0.508 e. The van der Waals surface area contributed by atoms with Crippen molar-refractivity contribution >= 4 is 12.0 Å². The summed E-state index contributed by atoms with van der Waals surface area (Å²) in [5.74, 6) is -0.343. The molecule has 1 rings (SSSR count). The van der Waals surface area contributed by atoms with E-state index in [1.807, 2.05) is 0 Å². The summed E-state index contributed by atoms with van der Waals surface area (Å²) >= 11 is 0. The summed E-state index contributed by atoms with van der Waals surface area (Å²) in [6, 6.07) is 5.92. The number of carbonyl (C=O) groups excluding carboxylic acids is 2. The van der Waals surface area contributed by atoms with Crippen molar-refractivity contribution in [3.05, 3.63) is 29.8 Å². The van der Waals surface area contributed by atoms with Crippen LogP contribution in [0.15, 0.2) is 24.3 Å². The van der Waals surface area contributed by atoms with Crippen LogP contribution in [0.4, 0.5) is 4.79 Å². The van der Waals surface area contributed by atoms with Crippen LogP contribution in [0.1, 0.15) is 10.4 Å². The van der Waals surface area contributed by atoms with Gasteiger partial charge >= 0.3 is 6.09 Å². The first-order chi connectivity index (χ1) is 7.59. The molecule has 0 spiro atoms. The van der Waals surface area contributed by atoms with E-state index < -0.39 is 6.09 Å². The average molecular weight is 224 g/mol. The third-order valence-corrected chi connectivity index (χ3v) is 1.74. The molecule has 6 heteroatoms. The number of nitrogens with one attached hydrogen (secondary N) is 1. The number of phenols is 1. The van der Waals surface area contributed by atoms with Crippen LogP contribution in [0.25, 0.3) is 0 Å². The third-order valence-electron chi connectivity index (χ3n) is 1.74. The molecule has 1 aromatic carbocycles. The van der Waals surface area contributed by atoms with E-state index in [0.717, 1.165) is 0 Å². The molecule has 0 heterocycles. The van der Waals surface area contributed by atoms with Crippen LogP contribution in [0.5, 0.6) is 5.75 Å². The molecule has 0 aliphatic heterocycles. The van der Waals surface area contributed by atoms with E-state index >= 15 is 0 Å². The fourth-order valence-electron chi connectivity index (χ4n) is 1.07. The van der Waals surface area contributed by atoms with Crippen molar-refractivity contribution in [2.45, 2.75) is 0 Å². The minimum Gasteiger partial charge on any atom is -0.508 e. The quantitative estimate of drug-likeness (QED) is 0.636. The summed E-state index contributed by atoms with van der Waals surface area (Å²) < 4.78 is 4.43. The number of aromatic hydroxyl groups is 1. The van der Waals surface area contributed by atoms with Gasteiger partial charge in [-0.25, -0.2) is 4.79 Å². The maximum atomic E-state index is 11.4. The first kappa shape index (κ1) is 11.8. The minimum atomic E-state index is -0.883. The van der Waals surface area contributed by atoms with Crippen molar-refractivity contribution in [3.63, 3.8) is 0 Å². The number of hydrogen-bond acceptors (Lipinski definition) is 4. The summed E-state index contributed by atoms with van der Waals surface area (Å²) in [6.07, 6.45) is -0.883. The van der Waals surface area contributed by atoms with Gasteiger partial charge in [-0.2, -0.15) is 0 Å². The van der Waals surface area contributed by atoms with Gasteiger partial charge in [0.15, 0.2) is 0 Å². The summed E-state index contributed by atoms with van der Waals surface area (Å²) in [4.78, 5) is 21.7. The predicted octanol–water partition coefficient (Wildman–Crippen LogP) is 0.217. The van der Waals surface area contributed by atoms with Gasteiger partial charge in [-0.15, -0.1) is 0 Å².